The lowest BCUT2D eigenvalue weighted by atomic mass is 9.96. The second-order valence-electron chi connectivity index (χ2n) is 19.3. The summed E-state index contributed by atoms with van der Waals surface area (Å²) < 4.78 is 49.9. The summed E-state index contributed by atoms with van der Waals surface area (Å²) in [5.41, 5.74) is 7.73. The minimum absolute atomic E-state index is 0.0472. The Kier molecular flexibility index (Phi) is 11.5. The summed E-state index contributed by atoms with van der Waals surface area (Å²) in [6.07, 6.45) is -4.71. The van der Waals surface area contributed by atoms with Crippen molar-refractivity contribution in [3.8, 4) is 96.9 Å². The maximum atomic E-state index is 15.3. The van der Waals surface area contributed by atoms with E-state index in [1.165, 1.54) is 12.1 Å². The van der Waals surface area contributed by atoms with Crippen molar-refractivity contribution in [2.75, 3.05) is 0 Å². The van der Waals surface area contributed by atoms with Gasteiger partial charge in [-0.15, -0.1) is 0 Å². The normalized spacial score (nSPS) is 11.7. The van der Waals surface area contributed by atoms with Crippen molar-refractivity contribution in [2.24, 2.45) is 0 Å². The summed E-state index contributed by atoms with van der Waals surface area (Å²) in [6.45, 7) is 0. The van der Waals surface area contributed by atoms with Gasteiger partial charge in [0.2, 0.25) is 0 Å². The van der Waals surface area contributed by atoms with Crippen LogP contribution in [-0.4, -0.2) is 39.0 Å². The summed E-state index contributed by atoms with van der Waals surface area (Å²) in [7, 11) is 0. The van der Waals surface area contributed by atoms with Crippen molar-refractivity contribution in [3.63, 3.8) is 0 Å². The number of benzene rings is 10. The number of alkyl halides is 3. The first-order valence-corrected chi connectivity index (χ1v) is 25.8. The van der Waals surface area contributed by atoms with Crippen LogP contribution in [0, 0.1) is 11.3 Å². The highest BCUT2D eigenvalue weighted by Gasteiger charge is 2.34. The van der Waals surface area contributed by atoms with Crippen LogP contribution in [0.5, 0.6) is 0 Å². The Labute approximate surface area is 455 Å². The number of para-hydroxylation sites is 2. The van der Waals surface area contributed by atoms with E-state index in [-0.39, 0.29) is 16.7 Å². The SMILES string of the molecule is N#Cc1c(-n2c3ccccc3c3ccc(-c4nc(-c5ccccc5)nc(-c5ccccc5)n4)cc32)cc(-c2ccccc2C(F)(F)F)cc1-n1c2ccccc2c2ccc(-c3nc(-c4ccccc4)nc(-c4ccccc4)n3)cc21. The number of fused-ring (bicyclic) bond motifs is 6. The molecular weight excluding hydrogens is 1000 g/mol. The molecule has 0 aliphatic rings. The van der Waals surface area contributed by atoms with Crippen molar-refractivity contribution in [1.29, 1.82) is 5.26 Å². The topological polar surface area (TPSA) is 111 Å². The molecule has 0 aliphatic heterocycles. The van der Waals surface area contributed by atoms with Gasteiger partial charge in [-0.25, -0.2) is 29.9 Å². The number of aromatic nitrogens is 8. The van der Waals surface area contributed by atoms with Crippen LogP contribution < -0.4 is 0 Å². The molecule has 4 aromatic heterocycles. The number of hydrogen-bond acceptors (Lipinski definition) is 7. The van der Waals surface area contributed by atoms with Gasteiger partial charge in [-0.3, -0.25) is 0 Å². The van der Waals surface area contributed by atoms with Crippen LogP contribution in [0.2, 0.25) is 0 Å². The summed E-state index contributed by atoms with van der Waals surface area (Å²) >= 11 is 0. The molecular formula is C68H40F3N9. The van der Waals surface area contributed by atoms with Gasteiger partial charge >= 0.3 is 6.18 Å². The van der Waals surface area contributed by atoms with E-state index in [1.54, 1.807) is 18.2 Å². The first kappa shape index (κ1) is 47.5. The molecule has 0 fully saturated rings. The van der Waals surface area contributed by atoms with Gasteiger partial charge < -0.3 is 9.13 Å². The average Bonchev–Trinajstić information content (AvgIpc) is 4.14. The molecule has 378 valence electrons. The van der Waals surface area contributed by atoms with E-state index in [9.17, 15) is 5.26 Å². The minimum Gasteiger partial charge on any atom is -0.308 e. The lowest BCUT2D eigenvalue weighted by Crippen LogP contribution is -2.09. The van der Waals surface area contributed by atoms with Crippen molar-refractivity contribution in [1.82, 2.24) is 39.0 Å². The number of hydrogen-bond donors (Lipinski definition) is 0. The molecule has 0 radical (unpaired) electrons. The molecule has 0 atom stereocenters. The van der Waals surface area contributed by atoms with Gasteiger partial charge in [0, 0.05) is 54.9 Å². The van der Waals surface area contributed by atoms with E-state index in [0.29, 0.717) is 68.5 Å². The summed E-state index contributed by atoms with van der Waals surface area (Å²) in [4.78, 5) is 30.1. The average molecular weight is 1040 g/mol. The standard InChI is InChI=1S/C68H40F3N9/c69-68(70,71)55-30-16-13-27-49(55)48-39-60(79-56-31-17-14-28-50(56)52-35-33-46(37-58(52)79)66-75-62(42-19-5-1-6-20-42)73-63(76-66)43-21-7-2-8-22-43)54(41-72)61(40-48)80-57-32-18-15-29-51(57)53-36-34-47(38-59(53)80)67-77-64(44-23-9-3-10-24-44)74-65(78-67)45-25-11-4-12-26-45/h1-40H. The monoisotopic (exact) mass is 1040 g/mol. The Morgan fingerprint density at radius 3 is 1.01 bits per heavy atom. The second kappa shape index (κ2) is 19.3. The molecule has 4 heterocycles. The lowest BCUT2D eigenvalue weighted by molar-refractivity contribution is -0.137. The molecule has 0 N–H and O–H groups in total. The third kappa shape index (κ3) is 8.29. The summed E-state index contributed by atoms with van der Waals surface area (Å²) in [5, 5.41) is 15.3. The highest BCUT2D eigenvalue weighted by molar-refractivity contribution is 6.12. The van der Waals surface area contributed by atoms with Crippen LogP contribution >= 0.6 is 0 Å². The molecule has 0 saturated heterocycles. The fourth-order valence-electron chi connectivity index (χ4n) is 10.8. The highest BCUT2D eigenvalue weighted by Crippen LogP contribution is 2.44. The first-order chi connectivity index (χ1) is 39.3. The maximum Gasteiger partial charge on any atom is 0.417 e. The van der Waals surface area contributed by atoms with Crippen LogP contribution in [0.25, 0.3) is 134 Å². The molecule has 0 unspecified atom stereocenters. The minimum atomic E-state index is -4.71. The van der Waals surface area contributed by atoms with E-state index in [4.69, 9.17) is 29.9 Å². The van der Waals surface area contributed by atoms with E-state index in [1.807, 2.05) is 215 Å². The Morgan fingerprint density at radius 1 is 0.312 bits per heavy atom. The van der Waals surface area contributed by atoms with Gasteiger partial charge in [0.05, 0.1) is 39.0 Å². The van der Waals surface area contributed by atoms with E-state index < -0.39 is 11.7 Å². The number of halogens is 3. The highest BCUT2D eigenvalue weighted by atomic mass is 19.4. The van der Waals surface area contributed by atoms with Gasteiger partial charge in [0.15, 0.2) is 34.9 Å². The molecule has 14 aromatic rings. The molecule has 14 rings (SSSR count). The number of nitriles is 1. The largest absolute Gasteiger partial charge is 0.417 e. The molecule has 0 amide bonds. The Balaban J connectivity index is 1.05. The van der Waals surface area contributed by atoms with E-state index in [0.717, 1.165) is 60.9 Å². The van der Waals surface area contributed by atoms with Crippen LogP contribution in [0.1, 0.15) is 11.1 Å². The van der Waals surface area contributed by atoms with Gasteiger partial charge in [0.25, 0.3) is 0 Å². The zero-order valence-corrected chi connectivity index (χ0v) is 42.3. The Hall–Kier alpha value is -10.9. The van der Waals surface area contributed by atoms with Crippen LogP contribution in [0.4, 0.5) is 13.2 Å². The predicted molar refractivity (Wildman–Crippen MR) is 310 cm³/mol. The zero-order valence-electron chi connectivity index (χ0n) is 42.3. The lowest BCUT2D eigenvalue weighted by Gasteiger charge is -2.20. The fraction of sp³-hybridized carbons (Fsp3) is 0.0147. The summed E-state index contributed by atoms with van der Waals surface area (Å²) in [5.74, 6) is 2.77. The zero-order chi connectivity index (χ0) is 53.9. The Morgan fingerprint density at radius 2 is 0.637 bits per heavy atom. The number of rotatable bonds is 9. The smallest absolute Gasteiger partial charge is 0.308 e. The molecule has 9 nitrogen and oxygen atoms in total. The van der Waals surface area contributed by atoms with Crippen LogP contribution in [-0.2, 0) is 6.18 Å². The van der Waals surface area contributed by atoms with Crippen molar-refractivity contribution in [3.05, 3.63) is 254 Å². The maximum absolute atomic E-state index is 15.3. The van der Waals surface area contributed by atoms with E-state index in [2.05, 4.69) is 6.07 Å². The molecule has 0 bridgehead atoms. The third-order valence-corrected chi connectivity index (χ3v) is 14.5. The summed E-state index contributed by atoms with van der Waals surface area (Å²) in [6, 6.07) is 78.0. The van der Waals surface area contributed by atoms with Crippen molar-refractivity contribution in [2.45, 2.75) is 6.18 Å². The van der Waals surface area contributed by atoms with E-state index >= 15 is 13.2 Å². The van der Waals surface area contributed by atoms with Gasteiger partial charge in [-0.1, -0.05) is 200 Å². The van der Waals surface area contributed by atoms with Gasteiger partial charge in [0.1, 0.15) is 11.6 Å². The van der Waals surface area contributed by atoms with Crippen LogP contribution in [0.15, 0.2) is 243 Å². The molecule has 0 spiro atoms. The van der Waals surface area contributed by atoms with Crippen molar-refractivity contribution < 1.29 is 13.2 Å². The molecule has 0 saturated carbocycles. The predicted octanol–water partition coefficient (Wildman–Crippen LogP) is 16.8. The number of nitrogens with zero attached hydrogens (tertiary/aromatic N) is 9. The quantitative estimate of drug-likeness (QED) is 0.142. The molecule has 10 aromatic carbocycles. The van der Waals surface area contributed by atoms with Gasteiger partial charge in [-0.2, -0.15) is 18.4 Å². The van der Waals surface area contributed by atoms with Crippen molar-refractivity contribution >= 4 is 43.6 Å². The molecule has 12 heteroatoms. The third-order valence-electron chi connectivity index (χ3n) is 14.5. The molecule has 80 heavy (non-hydrogen) atoms. The Bertz CT molecular complexity index is 4380. The fourth-order valence-corrected chi connectivity index (χ4v) is 10.8. The van der Waals surface area contributed by atoms with Crippen LogP contribution in [0.3, 0.4) is 0 Å². The molecule has 0 aliphatic carbocycles. The first-order valence-electron chi connectivity index (χ1n) is 25.8. The second-order valence-corrected chi connectivity index (χ2v) is 19.3. The van der Waals surface area contributed by atoms with Gasteiger partial charge in [-0.05, 0) is 53.6 Å².